The third kappa shape index (κ3) is 2.37. The molecule has 6 nitrogen and oxygen atoms in total. The zero-order valence-electron chi connectivity index (χ0n) is 11.5. The first-order valence-electron chi connectivity index (χ1n) is 7.15. The Balaban J connectivity index is 1.46. The third-order valence-corrected chi connectivity index (χ3v) is 4.45. The van der Waals surface area contributed by atoms with Crippen LogP contribution in [0, 0.1) is 11.7 Å². The van der Waals surface area contributed by atoms with E-state index in [4.69, 9.17) is 4.52 Å². The highest BCUT2D eigenvalue weighted by Crippen LogP contribution is 2.34. The van der Waals surface area contributed by atoms with Gasteiger partial charge < -0.3 is 9.42 Å². The molecule has 7 heteroatoms. The fourth-order valence-electron chi connectivity index (χ4n) is 3.43. The molecule has 2 aliphatic rings. The molecular weight excluding hydrogens is 273 g/mol. The Hall–Kier alpha value is -2.02. The maximum absolute atomic E-state index is 13.0. The number of nitrogens with zero attached hydrogens (tertiary/aromatic N) is 5. The van der Waals surface area contributed by atoms with Gasteiger partial charge in [0.05, 0.1) is 12.7 Å². The predicted octanol–water partition coefficient (Wildman–Crippen LogP) is 1.31. The maximum Gasteiger partial charge on any atom is 0.213 e. The first-order valence-corrected chi connectivity index (χ1v) is 7.15. The number of hydrogen-bond donors (Lipinski definition) is 0. The second-order valence-electron chi connectivity index (χ2n) is 5.67. The van der Waals surface area contributed by atoms with Crippen LogP contribution in [0.3, 0.4) is 0 Å². The Morgan fingerprint density at radius 1 is 1.29 bits per heavy atom. The van der Waals surface area contributed by atoms with E-state index in [1.54, 1.807) is 6.07 Å². The Morgan fingerprint density at radius 3 is 3.00 bits per heavy atom. The van der Waals surface area contributed by atoms with Gasteiger partial charge in [-0.1, -0.05) is 5.16 Å². The lowest BCUT2D eigenvalue weighted by Gasteiger charge is -2.23. The second kappa shape index (κ2) is 5.07. The van der Waals surface area contributed by atoms with Crippen molar-refractivity contribution < 1.29 is 8.91 Å². The summed E-state index contributed by atoms with van der Waals surface area (Å²) in [7, 11) is 0. The molecular formula is C14H16FN5O. The molecule has 0 bridgehead atoms. The van der Waals surface area contributed by atoms with Crippen LogP contribution in [0.4, 0.5) is 10.2 Å². The lowest BCUT2D eigenvalue weighted by molar-refractivity contribution is 0.236. The summed E-state index contributed by atoms with van der Waals surface area (Å²) in [6, 6.07) is 3.70. The number of likely N-dealkylation sites (tertiary alicyclic amines) is 1. The van der Waals surface area contributed by atoms with Gasteiger partial charge in [-0.3, -0.25) is 4.90 Å². The van der Waals surface area contributed by atoms with Crippen molar-refractivity contribution >= 4 is 5.82 Å². The number of fused-ring (bicyclic) bond motifs is 1. The van der Waals surface area contributed by atoms with Gasteiger partial charge in [-0.05, 0) is 31.0 Å². The molecule has 2 aromatic heterocycles. The summed E-state index contributed by atoms with van der Waals surface area (Å²) < 4.78 is 17.8. The molecule has 0 radical (unpaired) electrons. The number of halogens is 1. The maximum atomic E-state index is 13.0. The zero-order valence-corrected chi connectivity index (χ0v) is 11.5. The summed E-state index contributed by atoms with van der Waals surface area (Å²) in [6.45, 7) is 3.68. The minimum atomic E-state index is -0.295. The quantitative estimate of drug-likeness (QED) is 0.849. The molecule has 0 saturated carbocycles. The van der Waals surface area contributed by atoms with Crippen molar-refractivity contribution in [1.82, 2.24) is 20.0 Å². The average molecular weight is 289 g/mol. The Bertz CT molecular complexity index is 602. The summed E-state index contributed by atoms with van der Waals surface area (Å²) >= 11 is 0. The van der Waals surface area contributed by atoms with Crippen molar-refractivity contribution in [2.24, 2.45) is 5.92 Å². The molecule has 110 valence electrons. The van der Waals surface area contributed by atoms with E-state index >= 15 is 0 Å². The number of aromatic nitrogens is 3. The van der Waals surface area contributed by atoms with Crippen LogP contribution in [0.15, 0.2) is 29.2 Å². The van der Waals surface area contributed by atoms with E-state index in [9.17, 15) is 4.39 Å². The monoisotopic (exact) mass is 289 g/mol. The average Bonchev–Trinajstić information content (AvgIpc) is 3.19. The van der Waals surface area contributed by atoms with Crippen molar-refractivity contribution in [3.05, 3.63) is 36.4 Å². The fraction of sp³-hybridized carbons (Fsp3) is 0.500. The van der Waals surface area contributed by atoms with Crippen molar-refractivity contribution in [3.8, 4) is 0 Å². The molecule has 0 spiro atoms. The first kappa shape index (κ1) is 12.7. The second-order valence-corrected chi connectivity index (χ2v) is 5.67. The number of rotatable bonds is 3. The Labute approximate surface area is 121 Å². The molecule has 0 aromatic carbocycles. The molecule has 0 N–H and O–H groups in total. The minimum absolute atomic E-state index is 0.295. The summed E-state index contributed by atoms with van der Waals surface area (Å²) in [6.07, 6.45) is 3.81. The van der Waals surface area contributed by atoms with Crippen molar-refractivity contribution in [2.45, 2.75) is 19.0 Å². The highest BCUT2D eigenvalue weighted by atomic mass is 19.1. The van der Waals surface area contributed by atoms with Gasteiger partial charge in [0.15, 0.2) is 5.82 Å². The molecule has 2 fully saturated rings. The largest absolute Gasteiger partial charge is 0.355 e. The van der Waals surface area contributed by atoms with Gasteiger partial charge in [0, 0.05) is 19.1 Å². The lowest BCUT2D eigenvalue weighted by Crippen LogP contribution is -2.35. The Kier molecular flexibility index (Phi) is 3.07. The predicted molar refractivity (Wildman–Crippen MR) is 73.0 cm³/mol. The molecule has 2 atom stereocenters. The van der Waals surface area contributed by atoms with Gasteiger partial charge in [0.2, 0.25) is 6.39 Å². The molecule has 2 unspecified atom stereocenters. The number of anilines is 1. The SMILES string of the molecule is Fc1ccc(N2CC3CCN(Cc4ncon4)C3C2)nc1. The van der Waals surface area contributed by atoms with Crippen LogP contribution in [0.2, 0.25) is 0 Å². The van der Waals surface area contributed by atoms with E-state index in [0.29, 0.717) is 12.0 Å². The van der Waals surface area contributed by atoms with Crippen molar-refractivity contribution in [1.29, 1.82) is 0 Å². The van der Waals surface area contributed by atoms with E-state index < -0.39 is 0 Å². The van der Waals surface area contributed by atoms with Crippen LogP contribution in [0.1, 0.15) is 12.2 Å². The summed E-state index contributed by atoms with van der Waals surface area (Å²) in [5, 5.41) is 3.89. The normalized spacial score (nSPS) is 25.5. The van der Waals surface area contributed by atoms with Crippen LogP contribution >= 0.6 is 0 Å². The van der Waals surface area contributed by atoms with E-state index in [1.807, 2.05) is 0 Å². The molecule has 0 amide bonds. The molecule has 2 saturated heterocycles. The van der Waals surface area contributed by atoms with Crippen LogP contribution in [0.25, 0.3) is 0 Å². The van der Waals surface area contributed by atoms with Crippen LogP contribution < -0.4 is 4.90 Å². The third-order valence-electron chi connectivity index (χ3n) is 4.45. The molecule has 0 aliphatic carbocycles. The standard InChI is InChI=1S/C14H16FN5O/c15-11-1-2-14(16-5-11)20-6-10-3-4-19(12(10)7-20)8-13-17-9-21-18-13/h1-2,5,9-10,12H,3-4,6-8H2. The van der Waals surface area contributed by atoms with Crippen molar-refractivity contribution in [3.63, 3.8) is 0 Å². The van der Waals surface area contributed by atoms with Gasteiger partial charge in [0.25, 0.3) is 0 Å². The summed E-state index contributed by atoms with van der Waals surface area (Å²) in [5.41, 5.74) is 0. The van der Waals surface area contributed by atoms with E-state index in [1.165, 1.54) is 25.1 Å². The van der Waals surface area contributed by atoms with Crippen molar-refractivity contribution in [2.75, 3.05) is 24.5 Å². The molecule has 2 aliphatic heterocycles. The van der Waals surface area contributed by atoms with E-state index in [-0.39, 0.29) is 5.82 Å². The number of hydrogen-bond acceptors (Lipinski definition) is 6. The van der Waals surface area contributed by atoms with Crippen LogP contribution in [0.5, 0.6) is 0 Å². The van der Waals surface area contributed by atoms with Gasteiger partial charge >= 0.3 is 0 Å². The lowest BCUT2D eigenvalue weighted by atomic mass is 10.1. The Morgan fingerprint density at radius 2 is 2.24 bits per heavy atom. The van der Waals surface area contributed by atoms with Gasteiger partial charge in [-0.2, -0.15) is 4.98 Å². The van der Waals surface area contributed by atoms with Crippen LogP contribution in [-0.4, -0.2) is 45.7 Å². The van der Waals surface area contributed by atoms with Gasteiger partial charge in [-0.15, -0.1) is 0 Å². The smallest absolute Gasteiger partial charge is 0.213 e. The van der Waals surface area contributed by atoms with Gasteiger partial charge in [-0.25, -0.2) is 9.37 Å². The number of pyridine rings is 1. The van der Waals surface area contributed by atoms with E-state index in [0.717, 1.165) is 37.8 Å². The topological polar surface area (TPSA) is 58.3 Å². The molecule has 2 aromatic rings. The molecule has 4 heterocycles. The highest BCUT2D eigenvalue weighted by molar-refractivity contribution is 5.40. The summed E-state index contributed by atoms with van der Waals surface area (Å²) in [5.74, 6) is 1.92. The molecule has 21 heavy (non-hydrogen) atoms. The fourth-order valence-corrected chi connectivity index (χ4v) is 3.43. The van der Waals surface area contributed by atoms with Gasteiger partial charge in [0.1, 0.15) is 11.6 Å². The summed E-state index contributed by atoms with van der Waals surface area (Å²) in [4.78, 5) is 12.9. The molecule has 4 rings (SSSR count). The zero-order chi connectivity index (χ0) is 14.2. The highest BCUT2D eigenvalue weighted by Gasteiger charge is 2.41. The van der Waals surface area contributed by atoms with E-state index in [2.05, 4.69) is 24.9 Å². The first-order chi connectivity index (χ1) is 10.3. The van der Waals surface area contributed by atoms with Crippen LogP contribution in [-0.2, 0) is 6.54 Å². The minimum Gasteiger partial charge on any atom is -0.355 e.